The fourth-order valence-electron chi connectivity index (χ4n) is 2.97. The van der Waals surface area contributed by atoms with Gasteiger partial charge >= 0.3 is 0 Å². The lowest BCUT2D eigenvalue weighted by atomic mass is 10.1. The van der Waals surface area contributed by atoms with Crippen LogP contribution in [0.4, 0.5) is 0 Å². The van der Waals surface area contributed by atoms with Gasteiger partial charge in [0, 0.05) is 12.6 Å². The van der Waals surface area contributed by atoms with Crippen LogP contribution in [0, 0.1) is 0 Å². The number of carbonyl (C=O) groups excluding carboxylic acids is 1. The van der Waals surface area contributed by atoms with E-state index in [-0.39, 0.29) is 11.9 Å². The Hall–Kier alpha value is -2.59. The first-order valence-corrected chi connectivity index (χ1v) is 9.06. The van der Waals surface area contributed by atoms with Crippen molar-refractivity contribution in [1.82, 2.24) is 10.2 Å². The molecule has 1 amide bonds. The van der Waals surface area contributed by atoms with Gasteiger partial charge in [-0.3, -0.25) is 9.69 Å². The van der Waals surface area contributed by atoms with Crippen LogP contribution >= 0.6 is 0 Å². The summed E-state index contributed by atoms with van der Waals surface area (Å²) in [6, 6.07) is 18.1. The normalized spacial score (nSPS) is 12.3. The minimum Gasteiger partial charge on any atom is -0.497 e. The van der Waals surface area contributed by atoms with Crippen molar-refractivity contribution in [2.75, 3.05) is 26.7 Å². The second-order valence-electron chi connectivity index (χ2n) is 6.00. The molecule has 0 bridgehead atoms. The zero-order chi connectivity index (χ0) is 18.8. The quantitative estimate of drug-likeness (QED) is 0.696. The Morgan fingerprint density at radius 2 is 1.85 bits per heavy atom. The first-order chi connectivity index (χ1) is 12.7. The zero-order valence-corrected chi connectivity index (χ0v) is 15.8. The molecule has 2 aromatic carbocycles. The van der Waals surface area contributed by atoms with Crippen molar-refractivity contribution in [3.8, 4) is 5.75 Å². The summed E-state index contributed by atoms with van der Waals surface area (Å²) in [5.74, 6) is 0.680. The van der Waals surface area contributed by atoms with Gasteiger partial charge in [-0.2, -0.15) is 0 Å². The summed E-state index contributed by atoms with van der Waals surface area (Å²) in [5, 5.41) is 3.03. The number of methoxy groups -OCH3 is 1. The zero-order valence-electron chi connectivity index (χ0n) is 15.8. The summed E-state index contributed by atoms with van der Waals surface area (Å²) in [6.07, 6.45) is 3.37. The molecule has 2 rings (SSSR count). The average molecular weight is 352 g/mol. The van der Waals surface area contributed by atoms with Gasteiger partial charge in [0.05, 0.1) is 13.2 Å². The number of rotatable bonds is 9. The van der Waals surface area contributed by atoms with E-state index in [0.717, 1.165) is 24.4 Å². The highest BCUT2D eigenvalue weighted by Crippen LogP contribution is 2.19. The number of likely N-dealkylation sites (N-methyl/N-ethyl adjacent to an activating group) is 1. The van der Waals surface area contributed by atoms with Gasteiger partial charge in [-0.25, -0.2) is 0 Å². The first kappa shape index (κ1) is 19.7. The van der Waals surface area contributed by atoms with Crippen LogP contribution in [0.25, 0.3) is 6.08 Å². The molecule has 0 aliphatic rings. The van der Waals surface area contributed by atoms with E-state index in [1.54, 1.807) is 19.3 Å². The number of ether oxygens (including phenoxy) is 1. The number of hydrogen-bond acceptors (Lipinski definition) is 3. The molecule has 0 fully saturated rings. The van der Waals surface area contributed by atoms with Crippen LogP contribution in [0.5, 0.6) is 5.75 Å². The molecule has 1 unspecified atom stereocenters. The summed E-state index contributed by atoms with van der Waals surface area (Å²) in [4.78, 5) is 14.6. The van der Waals surface area contributed by atoms with Crippen molar-refractivity contribution in [2.45, 2.75) is 19.9 Å². The molecule has 2 aromatic rings. The van der Waals surface area contributed by atoms with Crippen molar-refractivity contribution in [1.29, 1.82) is 0 Å². The molecule has 138 valence electrons. The molecule has 1 atom stereocenters. The fourth-order valence-corrected chi connectivity index (χ4v) is 2.97. The maximum atomic E-state index is 12.3. The second-order valence-corrected chi connectivity index (χ2v) is 6.00. The molecule has 4 nitrogen and oxygen atoms in total. The standard InChI is InChI=1S/C22H28N2O2/c1-4-24(5-2)21(19-11-7-6-8-12-19)17-23-22(25)15-14-18-10-9-13-20(16-18)26-3/h6-16,21H,4-5,17H2,1-3H3,(H,23,25)/b15-14+. The molecule has 0 spiro atoms. The van der Waals surface area contributed by atoms with Crippen molar-refractivity contribution >= 4 is 12.0 Å². The highest BCUT2D eigenvalue weighted by Gasteiger charge is 2.18. The molecule has 0 radical (unpaired) electrons. The molecule has 4 heteroatoms. The Kier molecular flexibility index (Phi) is 7.90. The SMILES string of the molecule is CCN(CC)C(CNC(=O)/C=C/c1cccc(OC)c1)c1ccccc1. The van der Waals surface area contributed by atoms with Crippen LogP contribution in [0.1, 0.15) is 31.0 Å². The van der Waals surface area contributed by atoms with E-state index >= 15 is 0 Å². The minimum absolute atomic E-state index is 0.0964. The number of carbonyl (C=O) groups is 1. The summed E-state index contributed by atoms with van der Waals surface area (Å²) in [6.45, 7) is 6.73. The van der Waals surface area contributed by atoms with Crippen LogP contribution < -0.4 is 10.1 Å². The van der Waals surface area contributed by atoms with Crippen LogP contribution in [-0.2, 0) is 4.79 Å². The van der Waals surface area contributed by atoms with E-state index in [1.807, 2.05) is 42.5 Å². The predicted molar refractivity (Wildman–Crippen MR) is 107 cm³/mol. The molecule has 0 saturated carbocycles. The highest BCUT2D eigenvalue weighted by atomic mass is 16.5. The topological polar surface area (TPSA) is 41.6 Å². The molecular formula is C22H28N2O2. The average Bonchev–Trinajstić information content (AvgIpc) is 2.70. The van der Waals surface area contributed by atoms with Gasteiger partial charge < -0.3 is 10.1 Å². The summed E-state index contributed by atoms with van der Waals surface area (Å²) in [7, 11) is 1.63. The van der Waals surface area contributed by atoms with E-state index in [9.17, 15) is 4.79 Å². The van der Waals surface area contributed by atoms with Crippen LogP contribution in [0.3, 0.4) is 0 Å². The predicted octanol–water partition coefficient (Wildman–Crippen LogP) is 3.91. The monoisotopic (exact) mass is 352 g/mol. The largest absolute Gasteiger partial charge is 0.497 e. The Bertz CT molecular complexity index is 709. The van der Waals surface area contributed by atoms with E-state index in [1.165, 1.54) is 5.56 Å². The molecule has 0 saturated heterocycles. The number of nitrogens with zero attached hydrogens (tertiary/aromatic N) is 1. The van der Waals surface area contributed by atoms with E-state index < -0.39 is 0 Å². The molecule has 26 heavy (non-hydrogen) atoms. The number of benzene rings is 2. The fraction of sp³-hybridized carbons (Fsp3) is 0.318. The molecule has 0 aromatic heterocycles. The van der Waals surface area contributed by atoms with Crippen LogP contribution in [-0.4, -0.2) is 37.6 Å². The third kappa shape index (κ3) is 5.74. The maximum absolute atomic E-state index is 12.3. The van der Waals surface area contributed by atoms with E-state index in [2.05, 4.69) is 36.2 Å². The van der Waals surface area contributed by atoms with Gasteiger partial charge in [-0.15, -0.1) is 0 Å². The first-order valence-electron chi connectivity index (χ1n) is 9.06. The number of hydrogen-bond donors (Lipinski definition) is 1. The Morgan fingerprint density at radius 1 is 1.12 bits per heavy atom. The molecular weight excluding hydrogens is 324 g/mol. The Balaban J connectivity index is 2.01. The third-order valence-corrected chi connectivity index (χ3v) is 4.43. The Morgan fingerprint density at radius 3 is 2.50 bits per heavy atom. The van der Waals surface area contributed by atoms with E-state index in [0.29, 0.717) is 6.54 Å². The van der Waals surface area contributed by atoms with Crippen LogP contribution in [0.2, 0.25) is 0 Å². The van der Waals surface area contributed by atoms with Gasteiger partial charge in [0.25, 0.3) is 0 Å². The summed E-state index contributed by atoms with van der Waals surface area (Å²) in [5.41, 5.74) is 2.15. The van der Waals surface area contributed by atoms with Gasteiger partial charge in [0.1, 0.15) is 5.75 Å². The molecule has 0 aliphatic carbocycles. The van der Waals surface area contributed by atoms with E-state index in [4.69, 9.17) is 4.74 Å². The Labute approximate surface area is 156 Å². The highest BCUT2D eigenvalue weighted by molar-refractivity contribution is 5.91. The lowest BCUT2D eigenvalue weighted by Gasteiger charge is -2.30. The van der Waals surface area contributed by atoms with Crippen molar-refractivity contribution < 1.29 is 9.53 Å². The lowest BCUT2D eigenvalue weighted by molar-refractivity contribution is -0.116. The smallest absolute Gasteiger partial charge is 0.244 e. The van der Waals surface area contributed by atoms with Gasteiger partial charge in [-0.1, -0.05) is 56.3 Å². The third-order valence-electron chi connectivity index (χ3n) is 4.43. The number of nitrogens with one attached hydrogen (secondary N) is 1. The van der Waals surface area contributed by atoms with Gasteiger partial charge in [-0.05, 0) is 42.4 Å². The van der Waals surface area contributed by atoms with Gasteiger partial charge in [0.15, 0.2) is 0 Å². The van der Waals surface area contributed by atoms with Crippen molar-refractivity contribution in [2.24, 2.45) is 0 Å². The lowest BCUT2D eigenvalue weighted by Crippen LogP contribution is -2.37. The summed E-state index contributed by atoms with van der Waals surface area (Å²) >= 11 is 0. The van der Waals surface area contributed by atoms with Crippen molar-refractivity contribution in [3.63, 3.8) is 0 Å². The van der Waals surface area contributed by atoms with Crippen molar-refractivity contribution in [3.05, 3.63) is 71.8 Å². The second kappa shape index (κ2) is 10.4. The minimum atomic E-state index is -0.0964. The number of amides is 1. The summed E-state index contributed by atoms with van der Waals surface area (Å²) < 4.78 is 5.20. The van der Waals surface area contributed by atoms with Crippen LogP contribution in [0.15, 0.2) is 60.7 Å². The molecule has 1 N–H and O–H groups in total. The molecule has 0 heterocycles. The maximum Gasteiger partial charge on any atom is 0.244 e. The molecule has 0 aliphatic heterocycles. The van der Waals surface area contributed by atoms with Gasteiger partial charge in [0.2, 0.25) is 5.91 Å².